The van der Waals surface area contributed by atoms with Crippen molar-refractivity contribution in [2.75, 3.05) is 26.0 Å². The molecule has 0 aliphatic rings. The van der Waals surface area contributed by atoms with Gasteiger partial charge in [0.05, 0.1) is 20.2 Å². The SMILES string of the molecule is COc1cccc(NC(=O)CN(C)Cc2nc3ccccc3o2)c1. The summed E-state index contributed by atoms with van der Waals surface area (Å²) in [6.07, 6.45) is 0. The summed E-state index contributed by atoms with van der Waals surface area (Å²) in [4.78, 5) is 18.4. The summed E-state index contributed by atoms with van der Waals surface area (Å²) in [6, 6.07) is 14.9. The highest BCUT2D eigenvalue weighted by atomic mass is 16.5. The summed E-state index contributed by atoms with van der Waals surface area (Å²) in [6.45, 7) is 0.691. The fraction of sp³-hybridized carbons (Fsp3) is 0.222. The van der Waals surface area contributed by atoms with Gasteiger partial charge in [0.15, 0.2) is 5.58 Å². The second-order valence-corrected chi connectivity index (χ2v) is 5.53. The van der Waals surface area contributed by atoms with Crippen molar-refractivity contribution in [3.05, 3.63) is 54.4 Å². The third kappa shape index (κ3) is 3.91. The molecule has 0 spiro atoms. The molecule has 0 saturated heterocycles. The van der Waals surface area contributed by atoms with E-state index in [-0.39, 0.29) is 12.5 Å². The molecule has 0 bridgehead atoms. The highest BCUT2D eigenvalue weighted by Gasteiger charge is 2.12. The van der Waals surface area contributed by atoms with E-state index in [0.29, 0.717) is 23.9 Å². The summed E-state index contributed by atoms with van der Waals surface area (Å²) < 4.78 is 10.8. The Balaban J connectivity index is 1.57. The lowest BCUT2D eigenvalue weighted by atomic mass is 10.3. The highest BCUT2D eigenvalue weighted by molar-refractivity contribution is 5.92. The smallest absolute Gasteiger partial charge is 0.238 e. The molecule has 1 heterocycles. The Bertz CT molecular complexity index is 811. The Morgan fingerprint density at radius 3 is 2.88 bits per heavy atom. The molecule has 24 heavy (non-hydrogen) atoms. The van der Waals surface area contributed by atoms with Crippen LogP contribution in [0.15, 0.2) is 52.9 Å². The standard InChI is InChI=1S/C18H19N3O3/c1-21(12-18-20-15-8-3-4-9-16(15)24-18)11-17(22)19-13-6-5-7-14(10-13)23-2/h3-10H,11-12H2,1-2H3,(H,19,22). The van der Waals surface area contributed by atoms with Crippen LogP contribution in [0.25, 0.3) is 11.1 Å². The number of hydrogen-bond donors (Lipinski definition) is 1. The lowest BCUT2D eigenvalue weighted by molar-refractivity contribution is -0.117. The number of nitrogens with one attached hydrogen (secondary N) is 1. The number of para-hydroxylation sites is 2. The van der Waals surface area contributed by atoms with E-state index in [1.807, 2.05) is 54.4 Å². The molecule has 0 aliphatic heterocycles. The van der Waals surface area contributed by atoms with Crippen LogP contribution in [0.2, 0.25) is 0 Å². The average molecular weight is 325 g/mol. The molecule has 1 aromatic heterocycles. The van der Waals surface area contributed by atoms with Crippen LogP contribution >= 0.6 is 0 Å². The van der Waals surface area contributed by atoms with Crippen molar-refractivity contribution >= 4 is 22.7 Å². The number of fused-ring (bicyclic) bond motifs is 1. The number of ether oxygens (including phenoxy) is 1. The Labute approximate surface area is 140 Å². The monoisotopic (exact) mass is 325 g/mol. The van der Waals surface area contributed by atoms with Crippen molar-refractivity contribution in [3.8, 4) is 5.75 Å². The molecule has 0 radical (unpaired) electrons. The molecule has 0 fully saturated rings. The van der Waals surface area contributed by atoms with Crippen LogP contribution in [0.4, 0.5) is 5.69 Å². The van der Waals surface area contributed by atoms with Gasteiger partial charge in [-0.2, -0.15) is 0 Å². The first kappa shape index (κ1) is 16.0. The summed E-state index contributed by atoms with van der Waals surface area (Å²) in [5.74, 6) is 1.18. The maximum Gasteiger partial charge on any atom is 0.238 e. The van der Waals surface area contributed by atoms with Gasteiger partial charge in [-0.1, -0.05) is 18.2 Å². The van der Waals surface area contributed by atoms with Gasteiger partial charge in [-0.3, -0.25) is 9.69 Å². The fourth-order valence-corrected chi connectivity index (χ4v) is 2.42. The molecular formula is C18H19N3O3. The van der Waals surface area contributed by atoms with Crippen molar-refractivity contribution in [2.45, 2.75) is 6.54 Å². The van der Waals surface area contributed by atoms with Gasteiger partial charge in [-0.15, -0.1) is 0 Å². The maximum atomic E-state index is 12.1. The van der Waals surface area contributed by atoms with Gasteiger partial charge in [0, 0.05) is 11.8 Å². The lowest BCUT2D eigenvalue weighted by Crippen LogP contribution is -2.29. The first-order valence-electron chi connectivity index (χ1n) is 7.61. The third-order valence-corrected chi connectivity index (χ3v) is 3.51. The highest BCUT2D eigenvalue weighted by Crippen LogP contribution is 2.17. The van der Waals surface area contributed by atoms with Crippen molar-refractivity contribution in [1.29, 1.82) is 0 Å². The van der Waals surface area contributed by atoms with E-state index in [4.69, 9.17) is 9.15 Å². The summed E-state index contributed by atoms with van der Waals surface area (Å²) in [5, 5.41) is 2.85. The number of amides is 1. The third-order valence-electron chi connectivity index (χ3n) is 3.51. The van der Waals surface area contributed by atoms with E-state index in [1.54, 1.807) is 13.2 Å². The molecule has 2 aromatic carbocycles. The number of methoxy groups -OCH3 is 1. The van der Waals surface area contributed by atoms with Gasteiger partial charge in [0.25, 0.3) is 0 Å². The molecule has 124 valence electrons. The van der Waals surface area contributed by atoms with Gasteiger partial charge < -0.3 is 14.5 Å². The molecule has 0 unspecified atom stereocenters. The number of hydrogen-bond acceptors (Lipinski definition) is 5. The van der Waals surface area contributed by atoms with Crippen LogP contribution in [0, 0.1) is 0 Å². The molecule has 6 heteroatoms. The van der Waals surface area contributed by atoms with E-state index in [1.165, 1.54) is 0 Å². The van der Waals surface area contributed by atoms with Gasteiger partial charge >= 0.3 is 0 Å². The Morgan fingerprint density at radius 1 is 1.25 bits per heavy atom. The quantitative estimate of drug-likeness (QED) is 0.755. The topological polar surface area (TPSA) is 67.6 Å². The van der Waals surface area contributed by atoms with Gasteiger partial charge in [-0.25, -0.2) is 4.98 Å². The predicted octanol–water partition coefficient (Wildman–Crippen LogP) is 2.91. The zero-order valence-electron chi connectivity index (χ0n) is 13.7. The number of aromatic nitrogens is 1. The van der Waals surface area contributed by atoms with Crippen LogP contribution in [-0.4, -0.2) is 36.5 Å². The number of carbonyl (C=O) groups is 1. The second kappa shape index (κ2) is 7.14. The number of benzene rings is 2. The summed E-state index contributed by atoms with van der Waals surface area (Å²) in [5.41, 5.74) is 2.28. The Morgan fingerprint density at radius 2 is 2.08 bits per heavy atom. The first-order valence-corrected chi connectivity index (χ1v) is 7.61. The molecule has 1 N–H and O–H groups in total. The molecule has 6 nitrogen and oxygen atoms in total. The zero-order chi connectivity index (χ0) is 16.9. The number of anilines is 1. The van der Waals surface area contributed by atoms with Crippen LogP contribution in [0.5, 0.6) is 5.75 Å². The molecule has 3 aromatic rings. The molecule has 0 atom stereocenters. The molecule has 3 rings (SSSR count). The minimum absolute atomic E-state index is 0.109. The Hall–Kier alpha value is -2.86. The molecule has 0 aliphatic carbocycles. The predicted molar refractivity (Wildman–Crippen MR) is 92.0 cm³/mol. The van der Waals surface area contributed by atoms with E-state index in [9.17, 15) is 4.79 Å². The van der Waals surface area contributed by atoms with Crippen LogP contribution in [0.1, 0.15) is 5.89 Å². The average Bonchev–Trinajstić information content (AvgIpc) is 2.96. The van der Waals surface area contributed by atoms with E-state index >= 15 is 0 Å². The zero-order valence-corrected chi connectivity index (χ0v) is 13.7. The number of carbonyl (C=O) groups excluding carboxylic acids is 1. The van der Waals surface area contributed by atoms with Crippen molar-refractivity contribution in [3.63, 3.8) is 0 Å². The van der Waals surface area contributed by atoms with Crippen molar-refractivity contribution < 1.29 is 13.9 Å². The van der Waals surface area contributed by atoms with Gasteiger partial charge in [0.1, 0.15) is 11.3 Å². The second-order valence-electron chi connectivity index (χ2n) is 5.53. The molecule has 1 amide bonds. The maximum absolute atomic E-state index is 12.1. The number of nitrogens with zero attached hydrogens (tertiary/aromatic N) is 2. The fourth-order valence-electron chi connectivity index (χ4n) is 2.42. The number of oxazole rings is 1. The largest absolute Gasteiger partial charge is 0.497 e. The number of likely N-dealkylation sites (N-methyl/N-ethyl adjacent to an activating group) is 1. The van der Waals surface area contributed by atoms with E-state index in [2.05, 4.69) is 10.3 Å². The summed E-state index contributed by atoms with van der Waals surface area (Å²) in [7, 11) is 3.44. The minimum atomic E-state index is -0.109. The van der Waals surface area contributed by atoms with E-state index in [0.717, 1.165) is 11.1 Å². The van der Waals surface area contributed by atoms with Crippen LogP contribution in [0.3, 0.4) is 0 Å². The van der Waals surface area contributed by atoms with Crippen LogP contribution < -0.4 is 10.1 Å². The van der Waals surface area contributed by atoms with Gasteiger partial charge in [0.2, 0.25) is 11.8 Å². The molecule has 0 saturated carbocycles. The van der Waals surface area contributed by atoms with Crippen molar-refractivity contribution in [2.24, 2.45) is 0 Å². The first-order chi connectivity index (χ1) is 11.6. The van der Waals surface area contributed by atoms with Crippen molar-refractivity contribution in [1.82, 2.24) is 9.88 Å². The van der Waals surface area contributed by atoms with Crippen LogP contribution in [-0.2, 0) is 11.3 Å². The summed E-state index contributed by atoms with van der Waals surface area (Å²) >= 11 is 0. The minimum Gasteiger partial charge on any atom is -0.497 e. The molecular weight excluding hydrogens is 306 g/mol. The Kier molecular flexibility index (Phi) is 4.77. The van der Waals surface area contributed by atoms with Gasteiger partial charge in [-0.05, 0) is 31.3 Å². The lowest BCUT2D eigenvalue weighted by Gasteiger charge is -2.14. The van der Waals surface area contributed by atoms with E-state index < -0.39 is 0 Å². The number of rotatable bonds is 6. The normalized spacial score (nSPS) is 11.0.